The van der Waals surface area contributed by atoms with Gasteiger partial charge in [-0.2, -0.15) is 0 Å². The molecule has 0 spiro atoms. The van der Waals surface area contributed by atoms with Crippen molar-refractivity contribution in [2.45, 2.75) is 58.3 Å². The van der Waals surface area contributed by atoms with Crippen LogP contribution in [0.4, 0.5) is 0 Å². The summed E-state index contributed by atoms with van der Waals surface area (Å²) in [5, 5.41) is 0. The van der Waals surface area contributed by atoms with Crippen LogP contribution < -0.4 is 9.47 Å². The van der Waals surface area contributed by atoms with E-state index in [2.05, 4.69) is 77.1 Å². The second-order valence-electron chi connectivity index (χ2n) is 11.9. The van der Waals surface area contributed by atoms with Crippen molar-refractivity contribution >= 4 is 0 Å². The third-order valence-corrected chi connectivity index (χ3v) is 7.16. The van der Waals surface area contributed by atoms with E-state index >= 15 is 0 Å². The molecule has 2 nitrogen and oxygen atoms in total. The number of fused-ring (bicyclic) bond motifs is 1. The van der Waals surface area contributed by atoms with Crippen LogP contribution in [0.15, 0.2) is 103 Å². The minimum atomic E-state index is -0.150. The molecule has 0 aliphatic heterocycles. The molecule has 0 heterocycles. The van der Waals surface area contributed by atoms with Gasteiger partial charge < -0.3 is 9.47 Å². The summed E-state index contributed by atoms with van der Waals surface area (Å²) in [6, 6.07) is 35.4. The van der Waals surface area contributed by atoms with Gasteiger partial charge in [0.15, 0.2) is 0 Å². The highest BCUT2D eigenvalue weighted by molar-refractivity contribution is 5.56. The van der Waals surface area contributed by atoms with Crippen LogP contribution >= 0.6 is 0 Å². The van der Waals surface area contributed by atoms with E-state index in [1.165, 1.54) is 16.7 Å². The summed E-state index contributed by atoms with van der Waals surface area (Å²) in [4.78, 5) is 0. The maximum Gasteiger partial charge on any atom is 0.127 e. The van der Waals surface area contributed by atoms with Gasteiger partial charge in [0.1, 0.15) is 23.0 Å². The fourth-order valence-corrected chi connectivity index (χ4v) is 6.05. The van der Waals surface area contributed by atoms with Crippen molar-refractivity contribution in [3.63, 3.8) is 0 Å². The summed E-state index contributed by atoms with van der Waals surface area (Å²) >= 11 is 0. The van der Waals surface area contributed by atoms with Gasteiger partial charge in [0.05, 0.1) is 0 Å². The Bertz CT molecular complexity index is 1330. The standard InChI is InChI=1S/C34H36O2/c1-32(2,3)23-34(25-13-12-18-28(21-25)35-26-14-8-6-9-15-26)24-33(4,5)30-20-19-29(22-31(30)34)36-27-16-10-7-11-17-27/h6-22H,23-24H2,1-5H3. The number of rotatable bonds is 6. The Labute approximate surface area is 215 Å². The van der Waals surface area contributed by atoms with Crippen molar-refractivity contribution in [1.29, 1.82) is 0 Å². The van der Waals surface area contributed by atoms with Gasteiger partial charge in [-0.05, 0) is 88.9 Å². The van der Waals surface area contributed by atoms with Crippen molar-refractivity contribution in [3.05, 3.63) is 120 Å². The molecular weight excluding hydrogens is 440 g/mol. The zero-order chi connectivity index (χ0) is 25.4. The topological polar surface area (TPSA) is 18.5 Å². The third kappa shape index (κ3) is 4.91. The van der Waals surface area contributed by atoms with Crippen LogP contribution in [0.3, 0.4) is 0 Å². The zero-order valence-electron chi connectivity index (χ0n) is 22.0. The Kier molecular flexibility index (Phi) is 6.16. The molecule has 1 aliphatic rings. The van der Waals surface area contributed by atoms with Gasteiger partial charge in [-0.1, -0.05) is 89.2 Å². The van der Waals surface area contributed by atoms with E-state index in [0.29, 0.717) is 0 Å². The van der Waals surface area contributed by atoms with Crippen LogP contribution in [-0.2, 0) is 10.8 Å². The summed E-state index contributed by atoms with van der Waals surface area (Å²) < 4.78 is 12.6. The highest BCUT2D eigenvalue weighted by Crippen LogP contribution is 2.58. The second kappa shape index (κ2) is 9.17. The molecular formula is C34H36O2. The summed E-state index contributed by atoms with van der Waals surface area (Å²) in [7, 11) is 0. The van der Waals surface area contributed by atoms with Crippen molar-refractivity contribution < 1.29 is 9.47 Å². The molecule has 0 saturated heterocycles. The first-order valence-corrected chi connectivity index (χ1v) is 12.9. The third-order valence-electron chi connectivity index (χ3n) is 7.16. The smallest absolute Gasteiger partial charge is 0.127 e. The van der Waals surface area contributed by atoms with E-state index in [1.807, 2.05) is 60.7 Å². The minimum absolute atomic E-state index is 0.0438. The molecule has 1 aliphatic carbocycles. The number of hydrogen-bond acceptors (Lipinski definition) is 2. The van der Waals surface area contributed by atoms with Crippen molar-refractivity contribution in [1.82, 2.24) is 0 Å². The predicted octanol–water partition coefficient (Wildman–Crippen LogP) is 9.67. The molecule has 0 radical (unpaired) electrons. The van der Waals surface area contributed by atoms with Crippen LogP contribution in [0.5, 0.6) is 23.0 Å². The van der Waals surface area contributed by atoms with Gasteiger partial charge in [0, 0.05) is 5.41 Å². The summed E-state index contributed by atoms with van der Waals surface area (Å²) in [5.74, 6) is 3.46. The summed E-state index contributed by atoms with van der Waals surface area (Å²) in [6.07, 6.45) is 2.07. The summed E-state index contributed by atoms with van der Waals surface area (Å²) in [5.41, 5.74) is 4.10. The first kappa shape index (κ1) is 24.2. The van der Waals surface area contributed by atoms with Crippen LogP contribution in [-0.4, -0.2) is 0 Å². The minimum Gasteiger partial charge on any atom is -0.457 e. The molecule has 0 fully saturated rings. The quantitative estimate of drug-likeness (QED) is 0.276. The molecule has 0 saturated carbocycles. The highest BCUT2D eigenvalue weighted by atomic mass is 16.5. The van der Waals surface area contributed by atoms with E-state index in [9.17, 15) is 0 Å². The van der Waals surface area contributed by atoms with Gasteiger partial charge in [0.2, 0.25) is 0 Å². The monoisotopic (exact) mass is 476 g/mol. The van der Waals surface area contributed by atoms with Crippen LogP contribution in [0.2, 0.25) is 0 Å². The molecule has 0 aromatic heterocycles. The van der Waals surface area contributed by atoms with Gasteiger partial charge >= 0.3 is 0 Å². The molecule has 184 valence electrons. The molecule has 0 N–H and O–H groups in total. The Balaban J connectivity index is 1.62. The van der Waals surface area contributed by atoms with Gasteiger partial charge in [-0.3, -0.25) is 0 Å². The SMILES string of the molecule is CC(C)(C)CC1(c2cccc(Oc3ccccc3)c2)CC(C)(C)c2ccc(Oc3ccccc3)cc21. The average Bonchev–Trinajstić information content (AvgIpc) is 3.06. The lowest BCUT2D eigenvalue weighted by Gasteiger charge is -2.38. The lowest BCUT2D eigenvalue weighted by atomic mass is 9.65. The number of para-hydroxylation sites is 2. The van der Waals surface area contributed by atoms with Gasteiger partial charge in [-0.25, -0.2) is 0 Å². The molecule has 1 unspecified atom stereocenters. The maximum atomic E-state index is 6.31. The van der Waals surface area contributed by atoms with Crippen LogP contribution in [0.1, 0.15) is 64.2 Å². The van der Waals surface area contributed by atoms with Crippen molar-refractivity contribution in [3.8, 4) is 23.0 Å². The molecule has 1 atom stereocenters. The van der Waals surface area contributed by atoms with Crippen molar-refractivity contribution in [2.75, 3.05) is 0 Å². The average molecular weight is 477 g/mol. The van der Waals surface area contributed by atoms with E-state index < -0.39 is 0 Å². The van der Waals surface area contributed by atoms with E-state index in [0.717, 1.165) is 35.8 Å². The molecule has 4 aromatic carbocycles. The fourth-order valence-electron chi connectivity index (χ4n) is 6.05. The van der Waals surface area contributed by atoms with Gasteiger partial charge in [0.25, 0.3) is 0 Å². The van der Waals surface area contributed by atoms with E-state index in [1.54, 1.807) is 0 Å². The zero-order valence-corrected chi connectivity index (χ0v) is 22.0. The van der Waals surface area contributed by atoms with Gasteiger partial charge in [-0.15, -0.1) is 0 Å². The Morgan fingerprint density at radius 2 is 1.17 bits per heavy atom. The highest BCUT2D eigenvalue weighted by Gasteiger charge is 2.50. The van der Waals surface area contributed by atoms with Crippen LogP contribution in [0.25, 0.3) is 0 Å². The second-order valence-corrected chi connectivity index (χ2v) is 11.9. The Morgan fingerprint density at radius 3 is 1.75 bits per heavy atom. The first-order valence-electron chi connectivity index (χ1n) is 12.9. The largest absolute Gasteiger partial charge is 0.457 e. The van der Waals surface area contributed by atoms with Crippen molar-refractivity contribution in [2.24, 2.45) is 5.41 Å². The molecule has 5 rings (SSSR count). The lowest BCUT2D eigenvalue weighted by Crippen LogP contribution is -2.32. The number of ether oxygens (including phenoxy) is 2. The lowest BCUT2D eigenvalue weighted by molar-refractivity contribution is 0.261. The van der Waals surface area contributed by atoms with Crippen LogP contribution in [0, 0.1) is 5.41 Å². The first-order chi connectivity index (χ1) is 17.1. The molecule has 0 amide bonds. The Morgan fingerprint density at radius 1 is 0.611 bits per heavy atom. The summed E-state index contributed by atoms with van der Waals surface area (Å²) in [6.45, 7) is 11.8. The molecule has 4 aromatic rings. The number of benzene rings is 4. The Hall–Kier alpha value is -3.52. The number of hydrogen-bond donors (Lipinski definition) is 0. The van der Waals surface area contributed by atoms with E-state index in [4.69, 9.17) is 9.47 Å². The molecule has 0 bridgehead atoms. The fraction of sp³-hybridized carbons (Fsp3) is 0.294. The molecule has 2 heteroatoms. The molecule has 36 heavy (non-hydrogen) atoms. The normalized spacial score (nSPS) is 18.5. The predicted molar refractivity (Wildman–Crippen MR) is 148 cm³/mol. The maximum absolute atomic E-state index is 6.31. The van der Waals surface area contributed by atoms with E-state index in [-0.39, 0.29) is 16.2 Å².